The zero-order valence-corrected chi connectivity index (χ0v) is 11.4. The highest BCUT2D eigenvalue weighted by Crippen LogP contribution is 2.19. The molecule has 5 heteroatoms. The van der Waals surface area contributed by atoms with Crippen LogP contribution in [-0.2, 0) is 6.42 Å². The van der Waals surface area contributed by atoms with Gasteiger partial charge >= 0.3 is 0 Å². The van der Waals surface area contributed by atoms with E-state index in [0.29, 0.717) is 0 Å². The second-order valence-corrected chi connectivity index (χ2v) is 4.67. The van der Waals surface area contributed by atoms with Crippen LogP contribution < -0.4 is 10.1 Å². The van der Waals surface area contributed by atoms with Crippen molar-refractivity contribution in [2.45, 2.75) is 18.9 Å². The summed E-state index contributed by atoms with van der Waals surface area (Å²) in [5.74, 6) is 0.896. The molecule has 2 aromatic rings. The Morgan fingerprint density at radius 1 is 1.33 bits per heavy atom. The molecule has 0 spiro atoms. The molecule has 0 saturated carbocycles. The van der Waals surface area contributed by atoms with E-state index < -0.39 is 0 Å². The Balaban J connectivity index is 1.93. The predicted molar refractivity (Wildman–Crippen MR) is 73.0 cm³/mol. The summed E-state index contributed by atoms with van der Waals surface area (Å²) in [7, 11) is 3.64. The number of methoxy groups -OCH3 is 1. The van der Waals surface area contributed by atoms with E-state index >= 15 is 0 Å². The number of rotatable bonds is 6. The molecule has 0 bridgehead atoms. The molecule has 0 saturated heterocycles. The number of hydrogen-bond donors (Lipinski definition) is 1. The number of hydrogen-bond acceptors (Lipinski definition) is 5. The molecule has 2 rings (SSSR count). The van der Waals surface area contributed by atoms with E-state index in [1.165, 1.54) is 17.1 Å². The summed E-state index contributed by atoms with van der Waals surface area (Å²) in [5, 5.41) is 9.39. The molecule has 1 aromatic carbocycles. The van der Waals surface area contributed by atoms with Crippen molar-refractivity contribution < 1.29 is 4.74 Å². The van der Waals surface area contributed by atoms with Crippen molar-refractivity contribution in [2.75, 3.05) is 14.2 Å². The molecule has 0 aliphatic carbocycles. The van der Waals surface area contributed by atoms with Crippen molar-refractivity contribution in [3.8, 4) is 5.75 Å². The Morgan fingerprint density at radius 3 is 2.67 bits per heavy atom. The van der Waals surface area contributed by atoms with Crippen molar-refractivity contribution in [1.29, 1.82) is 0 Å². The SMILES string of the molecule is CNC(CCc1ccc(OC)cc1)c1csnn1. The molecule has 96 valence electrons. The highest BCUT2D eigenvalue weighted by Gasteiger charge is 2.11. The number of aryl methyl sites for hydroxylation is 1. The first-order valence-electron chi connectivity index (χ1n) is 5.90. The number of aromatic nitrogens is 2. The quantitative estimate of drug-likeness (QED) is 0.869. The van der Waals surface area contributed by atoms with E-state index in [1.54, 1.807) is 7.11 Å². The van der Waals surface area contributed by atoms with E-state index in [2.05, 4.69) is 27.0 Å². The minimum absolute atomic E-state index is 0.269. The van der Waals surface area contributed by atoms with Gasteiger partial charge < -0.3 is 10.1 Å². The average Bonchev–Trinajstić information content (AvgIpc) is 2.94. The molecule has 1 unspecified atom stereocenters. The van der Waals surface area contributed by atoms with E-state index in [0.717, 1.165) is 24.3 Å². The van der Waals surface area contributed by atoms with Gasteiger partial charge in [0.2, 0.25) is 0 Å². The molecule has 1 atom stereocenters. The fourth-order valence-electron chi connectivity index (χ4n) is 1.87. The van der Waals surface area contributed by atoms with Gasteiger partial charge in [-0.15, -0.1) is 5.10 Å². The summed E-state index contributed by atoms with van der Waals surface area (Å²) in [5.41, 5.74) is 2.33. The highest BCUT2D eigenvalue weighted by atomic mass is 32.1. The minimum atomic E-state index is 0.269. The molecule has 0 amide bonds. The van der Waals surface area contributed by atoms with Gasteiger partial charge in [0.25, 0.3) is 0 Å². The van der Waals surface area contributed by atoms with Crippen LogP contribution in [0.25, 0.3) is 0 Å². The molecule has 0 radical (unpaired) electrons. The normalized spacial score (nSPS) is 12.3. The number of nitrogens with one attached hydrogen (secondary N) is 1. The zero-order chi connectivity index (χ0) is 12.8. The van der Waals surface area contributed by atoms with Crippen LogP contribution in [0.5, 0.6) is 5.75 Å². The summed E-state index contributed by atoms with van der Waals surface area (Å²) in [6.45, 7) is 0. The minimum Gasteiger partial charge on any atom is -0.497 e. The molecule has 4 nitrogen and oxygen atoms in total. The topological polar surface area (TPSA) is 47.0 Å². The largest absolute Gasteiger partial charge is 0.497 e. The molecular weight excluding hydrogens is 246 g/mol. The first-order valence-corrected chi connectivity index (χ1v) is 6.74. The molecule has 0 fully saturated rings. The Morgan fingerprint density at radius 2 is 2.11 bits per heavy atom. The van der Waals surface area contributed by atoms with Crippen molar-refractivity contribution >= 4 is 11.5 Å². The Hall–Kier alpha value is -1.46. The van der Waals surface area contributed by atoms with E-state index in [9.17, 15) is 0 Å². The summed E-state index contributed by atoms with van der Waals surface area (Å²) in [6, 6.07) is 8.46. The van der Waals surface area contributed by atoms with Gasteiger partial charge in [0.05, 0.1) is 18.8 Å². The van der Waals surface area contributed by atoms with Gasteiger partial charge in [0.15, 0.2) is 0 Å². The van der Waals surface area contributed by atoms with Gasteiger partial charge in [-0.1, -0.05) is 16.6 Å². The molecular formula is C13H17N3OS. The van der Waals surface area contributed by atoms with Gasteiger partial charge in [0, 0.05) is 5.38 Å². The van der Waals surface area contributed by atoms with Crippen molar-refractivity contribution in [2.24, 2.45) is 0 Å². The van der Waals surface area contributed by atoms with E-state index in [-0.39, 0.29) is 6.04 Å². The van der Waals surface area contributed by atoms with Gasteiger partial charge in [-0.2, -0.15) is 0 Å². The average molecular weight is 263 g/mol. The second-order valence-electron chi connectivity index (χ2n) is 4.06. The summed E-state index contributed by atoms with van der Waals surface area (Å²) < 4.78 is 9.05. The maximum Gasteiger partial charge on any atom is 0.118 e. The Labute approximate surface area is 111 Å². The van der Waals surface area contributed by atoms with Crippen LogP contribution in [0.15, 0.2) is 29.6 Å². The Bertz CT molecular complexity index is 456. The monoisotopic (exact) mass is 263 g/mol. The molecule has 0 aliphatic rings. The van der Waals surface area contributed by atoms with Gasteiger partial charge in [-0.05, 0) is 49.1 Å². The number of benzene rings is 1. The van der Waals surface area contributed by atoms with Crippen LogP contribution in [0.4, 0.5) is 0 Å². The van der Waals surface area contributed by atoms with Crippen molar-refractivity contribution in [3.05, 3.63) is 40.9 Å². The van der Waals surface area contributed by atoms with Crippen LogP contribution in [0.3, 0.4) is 0 Å². The lowest BCUT2D eigenvalue weighted by Crippen LogP contribution is -2.17. The molecule has 18 heavy (non-hydrogen) atoms. The molecule has 0 aliphatic heterocycles. The predicted octanol–water partition coefficient (Wildman–Crippen LogP) is 2.44. The molecule has 1 aromatic heterocycles. The summed E-state index contributed by atoms with van der Waals surface area (Å²) in [6.07, 6.45) is 2.02. The maximum atomic E-state index is 5.15. The third kappa shape index (κ3) is 3.27. The van der Waals surface area contributed by atoms with Crippen LogP contribution in [0.1, 0.15) is 23.7 Å². The fourth-order valence-corrected chi connectivity index (χ4v) is 2.37. The second kappa shape index (κ2) is 6.47. The molecule has 1 N–H and O–H groups in total. The maximum absolute atomic E-state index is 5.15. The number of nitrogens with zero attached hydrogens (tertiary/aromatic N) is 2. The van der Waals surface area contributed by atoms with Crippen LogP contribution in [-0.4, -0.2) is 23.7 Å². The van der Waals surface area contributed by atoms with Crippen LogP contribution in [0.2, 0.25) is 0 Å². The van der Waals surface area contributed by atoms with E-state index in [1.807, 2.05) is 24.6 Å². The molecule has 1 heterocycles. The summed E-state index contributed by atoms with van der Waals surface area (Å²) in [4.78, 5) is 0. The zero-order valence-electron chi connectivity index (χ0n) is 10.6. The van der Waals surface area contributed by atoms with E-state index in [4.69, 9.17) is 4.74 Å². The third-order valence-corrected chi connectivity index (χ3v) is 3.49. The lowest BCUT2D eigenvalue weighted by atomic mass is 10.0. The lowest BCUT2D eigenvalue weighted by Gasteiger charge is -2.13. The smallest absolute Gasteiger partial charge is 0.118 e. The van der Waals surface area contributed by atoms with Gasteiger partial charge in [0.1, 0.15) is 5.75 Å². The Kier molecular flexibility index (Phi) is 4.66. The van der Waals surface area contributed by atoms with Gasteiger partial charge in [-0.25, -0.2) is 0 Å². The first kappa shape index (κ1) is 13.0. The standard InChI is InChI=1S/C13H17N3OS/c1-14-12(13-9-18-16-15-13)8-5-10-3-6-11(17-2)7-4-10/h3-4,6-7,9,12,14H,5,8H2,1-2H3. The summed E-state index contributed by atoms with van der Waals surface area (Å²) >= 11 is 1.39. The first-order chi connectivity index (χ1) is 8.83. The highest BCUT2D eigenvalue weighted by molar-refractivity contribution is 7.03. The van der Waals surface area contributed by atoms with Crippen LogP contribution >= 0.6 is 11.5 Å². The van der Waals surface area contributed by atoms with Gasteiger partial charge in [-0.3, -0.25) is 0 Å². The number of ether oxygens (including phenoxy) is 1. The van der Waals surface area contributed by atoms with Crippen molar-refractivity contribution in [1.82, 2.24) is 14.9 Å². The fraction of sp³-hybridized carbons (Fsp3) is 0.385. The third-order valence-electron chi connectivity index (χ3n) is 2.96. The lowest BCUT2D eigenvalue weighted by molar-refractivity contribution is 0.414. The van der Waals surface area contributed by atoms with Crippen molar-refractivity contribution in [3.63, 3.8) is 0 Å². The van der Waals surface area contributed by atoms with Crippen LogP contribution in [0, 0.1) is 0 Å².